The van der Waals surface area contributed by atoms with Crippen LogP contribution in [0.4, 0.5) is 0 Å². The van der Waals surface area contributed by atoms with Crippen molar-refractivity contribution in [3.05, 3.63) is 46.5 Å². The van der Waals surface area contributed by atoms with E-state index in [1.165, 1.54) is 6.33 Å². The Morgan fingerprint density at radius 1 is 1.10 bits per heavy atom. The molecule has 20 heavy (non-hydrogen) atoms. The predicted octanol–water partition coefficient (Wildman–Crippen LogP) is 3.54. The van der Waals surface area contributed by atoms with Gasteiger partial charge in [0.1, 0.15) is 16.6 Å². The van der Waals surface area contributed by atoms with Gasteiger partial charge in [-0.1, -0.05) is 53.0 Å². The second kappa shape index (κ2) is 5.19. The Hall–Kier alpha value is -1.98. The summed E-state index contributed by atoms with van der Waals surface area (Å²) in [6.07, 6.45) is 1.37. The van der Waals surface area contributed by atoms with Crippen molar-refractivity contribution < 1.29 is 0 Å². The van der Waals surface area contributed by atoms with Crippen molar-refractivity contribution >= 4 is 23.2 Å². The molecule has 0 radical (unpaired) electrons. The van der Waals surface area contributed by atoms with E-state index in [0.29, 0.717) is 17.2 Å². The molecule has 0 aliphatic carbocycles. The number of benzene rings is 1. The Morgan fingerprint density at radius 2 is 1.85 bits per heavy atom. The van der Waals surface area contributed by atoms with Crippen LogP contribution < -0.4 is 0 Å². The average Bonchev–Trinajstić information content (AvgIpc) is 2.91. The Labute approximate surface area is 125 Å². The molecule has 3 rings (SSSR count). The van der Waals surface area contributed by atoms with Crippen LogP contribution in [0.15, 0.2) is 30.6 Å². The van der Waals surface area contributed by atoms with Crippen LogP contribution in [-0.4, -0.2) is 25.1 Å². The molecule has 0 atom stereocenters. The summed E-state index contributed by atoms with van der Waals surface area (Å²) < 4.78 is 0. The van der Waals surface area contributed by atoms with Gasteiger partial charge < -0.3 is 0 Å². The lowest BCUT2D eigenvalue weighted by molar-refractivity contribution is 1.06. The van der Waals surface area contributed by atoms with E-state index in [1.54, 1.807) is 0 Å². The lowest BCUT2D eigenvalue weighted by atomic mass is 10.1. The number of nitrogens with one attached hydrogen (secondary N) is 1. The number of aromatic amines is 1. The van der Waals surface area contributed by atoms with E-state index in [2.05, 4.69) is 25.1 Å². The van der Waals surface area contributed by atoms with Crippen LogP contribution in [0.5, 0.6) is 0 Å². The molecule has 0 fully saturated rings. The number of aryl methyl sites for hydroxylation is 1. The van der Waals surface area contributed by atoms with Crippen molar-refractivity contribution in [3.8, 4) is 22.8 Å². The lowest BCUT2D eigenvalue weighted by Gasteiger charge is -2.08. The van der Waals surface area contributed by atoms with Gasteiger partial charge in [-0.3, -0.25) is 5.10 Å². The normalized spacial score (nSPS) is 10.8. The highest BCUT2D eigenvalue weighted by atomic mass is 35.5. The van der Waals surface area contributed by atoms with Gasteiger partial charge in [0, 0.05) is 0 Å². The van der Waals surface area contributed by atoms with Crippen LogP contribution in [0.1, 0.15) is 5.56 Å². The Morgan fingerprint density at radius 3 is 2.45 bits per heavy atom. The third kappa shape index (κ3) is 2.37. The van der Waals surface area contributed by atoms with Crippen molar-refractivity contribution in [2.75, 3.05) is 0 Å². The Kier molecular flexibility index (Phi) is 3.38. The summed E-state index contributed by atoms with van der Waals surface area (Å²) in [7, 11) is 0. The maximum absolute atomic E-state index is 6.24. The molecular weight excluding hydrogens is 297 g/mol. The first kappa shape index (κ1) is 13.0. The topological polar surface area (TPSA) is 67.3 Å². The number of nitrogens with zero attached hydrogens (tertiary/aromatic N) is 4. The largest absolute Gasteiger partial charge is 0.257 e. The summed E-state index contributed by atoms with van der Waals surface area (Å²) in [5, 5.41) is 6.98. The number of aromatic nitrogens is 5. The summed E-state index contributed by atoms with van der Waals surface area (Å²) in [5.41, 5.74) is 2.60. The summed E-state index contributed by atoms with van der Waals surface area (Å²) in [6, 6.07) is 7.82. The van der Waals surface area contributed by atoms with Crippen molar-refractivity contribution in [1.29, 1.82) is 0 Å². The van der Waals surface area contributed by atoms with Gasteiger partial charge in [0.15, 0.2) is 11.6 Å². The lowest BCUT2D eigenvalue weighted by Crippen LogP contribution is -1.96. The second-order valence-electron chi connectivity index (χ2n) is 4.21. The van der Waals surface area contributed by atoms with Gasteiger partial charge in [0.2, 0.25) is 0 Å². The molecule has 1 aromatic carbocycles. The first-order valence-corrected chi connectivity index (χ1v) is 6.56. The van der Waals surface area contributed by atoms with Gasteiger partial charge in [-0.15, -0.1) is 0 Å². The molecule has 100 valence electrons. The zero-order chi connectivity index (χ0) is 14.1. The highest BCUT2D eigenvalue weighted by molar-refractivity contribution is 6.37. The molecule has 0 spiro atoms. The van der Waals surface area contributed by atoms with Crippen molar-refractivity contribution in [2.45, 2.75) is 6.92 Å². The fraction of sp³-hybridized carbons (Fsp3) is 0.0769. The maximum Gasteiger partial charge on any atom is 0.200 e. The molecule has 1 N–H and O–H groups in total. The van der Waals surface area contributed by atoms with Crippen LogP contribution in [0.2, 0.25) is 10.3 Å². The number of hydrogen-bond acceptors (Lipinski definition) is 4. The second-order valence-corrected chi connectivity index (χ2v) is 4.92. The molecule has 5 nitrogen and oxygen atoms in total. The third-order valence-electron chi connectivity index (χ3n) is 2.75. The van der Waals surface area contributed by atoms with E-state index in [9.17, 15) is 0 Å². The minimum absolute atomic E-state index is 0.280. The van der Waals surface area contributed by atoms with Gasteiger partial charge in [0.25, 0.3) is 0 Å². The number of H-pyrrole nitrogens is 1. The Bertz CT molecular complexity index is 732. The van der Waals surface area contributed by atoms with Crippen LogP contribution in [0.3, 0.4) is 0 Å². The third-order valence-corrected chi connectivity index (χ3v) is 3.30. The molecule has 0 unspecified atom stereocenters. The molecule has 0 saturated heterocycles. The molecule has 0 aliphatic rings. The molecular formula is C13H9Cl2N5. The maximum atomic E-state index is 6.24. The molecule has 3 aromatic rings. The van der Waals surface area contributed by atoms with E-state index >= 15 is 0 Å². The molecule has 2 aromatic heterocycles. The molecule has 2 heterocycles. The smallest absolute Gasteiger partial charge is 0.200 e. The van der Waals surface area contributed by atoms with Gasteiger partial charge in [-0.25, -0.2) is 15.0 Å². The quantitative estimate of drug-likeness (QED) is 0.735. The standard InChI is InChI=1S/C13H9Cl2N5/c1-7-3-2-4-8(5-7)9-10(14)18-13(19-11(9)15)12-16-6-17-20-12/h2-6H,1H3,(H,16,17,20). The van der Waals surface area contributed by atoms with Crippen molar-refractivity contribution in [1.82, 2.24) is 25.1 Å². The highest BCUT2D eigenvalue weighted by Crippen LogP contribution is 2.33. The van der Waals surface area contributed by atoms with E-state index in [1.807, 2.05) is 31.2 Å². The van der Waals surface area contributed by atoms with Gasteiger partial charge in [-0.05, 0) is 12.5 Å². The molecule has 0 bridgehead atoms. The zero-order valence-corrected chi connectivity index (χ0v) is 11.9. The summed E-state index contributed by atoms with van der Waals surface area (Å²) in [4.78, 5) is 12.4. The van der Waals surface area contributed by atoms with Crippen LogP contribution >= 0.6 is 23.2 Å². The van der Waals surface area contributed by atoms with Gasteiger partial charge in [-0.2, -0.15) is 5.10 Å². The van der Waals surface area contributed by atoms with Crippen molar-refractivity contribution in [3.63, 3.8) is 0 Å². The van der Waals surface area contributed by atoms with Crippen molar-refractivity contribution in [2.24, 2.45) is 0 Å². The summed E-state index contributed by atoms with van der Waals surface area (Å²) in [6.45, 7) is 2.00. The first-order chi connectivity index (χ1) is 9.65. The van der Waals surface area contributed by atoms with Crippen LogP contribution in [0, 0.1) is 6.92 Å². The number of rotatable bonds is 2. The zero-order valence-electron chi connectivity index (χ0n) is 10.4. The molecule has 0 saturated carbocycles. The molecule has 7 heteroatoms. The Balaban J connectivity index is 2.14. The van der Waals surface area contributed by atoms with E-state index in [-0.39, 0.29) is 10.3 Å². The summed E-state index contributed by atoms with van der Waals surface area (Å²) >= 11 is 12.5. The van der Waals surface area contributed by atoms with E-state index < -0.39 is 0 Å². The van der Waals surface area contributed by atoms with E-state index in [4.69, 9.17) is 23.2 Å². The van der Waals surface area contributed by atoms with Crippen LogP contribution in [0.25, 0.3) is 22.8 Å². The monoisotopic (exact) mass is 305 g/mol. The molecule has 0 aliphatic heterocycles. The average molecular weight is 306 g/mol. The first-order valence-electron chi connectivity index (χ1n) is 5.81. The molecule has 0 amide bonds. The van der Waals surface area contributed by atoms with Gasteiger partial charge in [0.05, 0.1) is 5.56 Å². The number of hydrogen-bond donors (Lipinski definition) is 1. The number of halogens is 2. The predicted molar refractivity (Wildman–Crippen MR) is 77.6 cm³/mol. The fourth-order valence-electron chi connectivity index (χ4n) is 1.87. The summed E-state index contributed by atoms with van der Waals surface area (Å²) in [5.74, 6) is 0.735. The minimum atomic E-state index is 0.280. The van der Waals surface area contributed by atoms with Crippen LogP contribution in [-0.2, 0) is 0 Å². The van der Waals surface area contributed by atoms with Gasteiger partial charge >= 0.3 is 0 Å². The minimum Gasteiger partial charge on any atom is -0.257 e. The highest BCUT2D eigenvalue weighted by Gasteiger charge is 2.15. The van der Waals surface area contributed by atoms with E-state index in [0.717, 1.165) is 11.1 Å². The SMILES string of the molecule is Cc1cccc(-c2c(Cl)nc(-c3ncn[nH]3)nc2Cl)c1. The fourth-order valence-corrected chi connectivity index (χ4v) is 2.47.